The standard InChI is InChI=1S/C18H12O2.C10H12O2/c19-17-12-16(14-9-5-2-6-10-14)18(20)11-15(17)13-7-3-1-4-8-13;1-10(2,3)8-6-7(11)4-5-9(8)12/h1-12H;4-6H,1-3H3. The second-order valence-corrected chi connectivity index (χ2v) is 8.48. The van der Waals surface area contributed by atoms with Crippen LogP contribution in [0.5, 0.6) is 0 Å². The van der Waals surface area contributed by atoms with Crippen LogP contribution < -0.4 is 0 Å². The number of ketones is 4. The van der Waals surface area contributed by atoms with Crippen molar-refractivity contribution < 1.29 is 19.2 Å². The Morgan fingerprint density at radius 3 is 1.34 bits per heavy atom. The zero-order valence-electron chi connectivity index (χ0n) is 18.3. The smallest absolute Gasteiger partial charge is 0.187 e. The summed E-state index contributed by atoms with van der Waals surface area (Å²) in [6, 6.07) is 18.5. The first kappa shape index (κ1) is 22.8. The summed E-state index contributed by atoms with van der Waals surface area (Å²) >= 11 is 0. The third kappa shape index (κ3) is 5.41. The van der Waals surface area contributed by atoms with Crippen molar-refractivity contribution in [1.82, 2.24) is 0 Å². The average molecular weight is 424 g/mol. The van der Waals surface area contributed by atoms with Gasteiger partial charge in [0.2, 0.25) is 0 Å². The molecule has 0 amide bonds. The van der Waals surface area contributed by atoms with Crippen molar-refractivity contribution in [3.8, 4) is 0 Å². The molecule has 0 atom stereocenters. The summed E-state index contributed by atoms with van der Waals surface area (Å²) in [7, 11) is 0. The first-order valence-corrected chi connectivity index (χ1v) is 10.3. The molecule has 0 aromatic heterocycles. The first-order chi connectivity index (χ1) is 15.2. The van der Waals surface area contributed by atoms with Crippen LogP contribution in [-0.2, 0) is 19.2 Å². The van der Waals surface area contributed by atoms with Crippen LogP contribution in [0, 0.1) is 5.41 Å². The fourth-order valence-corrected chi connectivity index (χ4v) is 3.34. The van der Waals surface area contributed by atoms with Gasteiger partial charge in [0, 0.05) is 16.7 Å². The molecule has 0 aliphatic heterocycles. The van der Waals surface area contributed by atoms with Crippen molar-refractivity contribution in [2.45, 2.75) is 20.8 Å². The minimum atomic E-state index is -0.239. The largest absolute Gasteiger partial charge is 0.290 e. The van der Waals surface area contributed by atoms with Crippen LogP contribution in [0.4, 0.5) is 0 Å². The predicted molar refractivity (Wildman–Crippen MR) is 126 cm³/mol. The number of allylic oxidation sites excluding steroid dienone is 8. The molecule has 4 nitrogen and oxygen atoms in total. The van der Waals surface area contributed by atoms with Crippen molar-refractivity contribution in [3.63, 3.8) is 0 Å². The lowest BCUT2D eigenvalue weighted by Gasteiger charge is -2.21. The summed E-state index contributed by atoms with van der Waals surface area (Å²) in [5.41, 5.74) is 2.81. The highest BCUT2D eigenvalue weighted by Gasteiger charge is 2.25. The second kappa shape index (κ2) is 9.48. The Bertz CT molecular complexity index is 1120. The van der Waals surface area contributed by atoms with Crippen LogP contribution in [0.3, 0.4) is 0 Å². The van der Waals surface area contributed by atoms with E-state index in [1.54, 1.807) is 0 Å². The van der Waals surface area contributed by atoms with Crippen LogP contribution in [0.15, 0.2) is 96.6 Å². The van der Waals surface area contributed by atoms with Crippen molar-refractivity contribution in [2.24, 2.45) is 5.41 Å². The SMILES string of the molecule is CC(C)(C)C1=CC(=O)C=CC1=O.O=C1C=C(c2ccccc2)C(=O)C=C1c1ccccc1. The van der Waals surface area contributed by atoms with E-state index < -0.39 is 0 Å². The highest BCUT2D eigenvalue weighted by molar-refractivity contribution is 6.43. The third-order valence-electron chi connectivity index (χ3n) is 5.01. The summed E-state index contributed by atoms with van der Waals surface area (Å²) in [6.45, 7) is 5.76. The van der Waals surface area contributed by atoms with Gasteiger partial charge in [0.25, 0.3) is 0 Å². The maximum Gasteiger partial charge on any atom is 0.187 e. The summed E-state index contributed by atoms with van der Waals surface area (Å²) in [4.78, 5) is 46.7. The number of hydrogen-bond donors (Lipinski definition) is 0. The molecule has 0 spiro atoms. The van der Waals surface area contributed by atoms with Gasteiger partial charge in [-0.05, 0) is 46.9 Å². The van der Waals surface area contributed by atoms with Crippen LogP contribution in [-0.4, -0.2) is 23.1 Å². The molecule has 0 saturated carbocycles. The van der Waals surface area contributed by atoms with Gasteiger partial charge in [-0.3, -0.25) is 19.2 Å². The molecule has 2 aliphatic rings. The number of rotatable bonds is 2. The van der Waals surface area contributed by atoms with Gasteiger partial charge in [0.15, 0.2) is 23.1 Å². The molecule has 2 aliphatic carbocycles. The predicted octanol–water partition coefficient (Wildman–Crippen LogP) is 4.97. The highest BCUT2D eigenvalue weighted by Crippen LogP contribution is 2.28. The number of benzene rings is 2. The van der Waals surface area contributed by atoms with Crippen molar-refractivity contribution in [2.75, 3.05) is 0 Å². The monoisotopic (exact) mass is 424 g/mol. The Hall–Kier alpha value is -3.92. The van der Waals surface area contributed by atoms with E-state index in [4.69, 9.17) is 0 Å². The highest BCUT2D eigenvalue weighted by atomic mass is 16.1. The van der Waals surface area contributed by atoms with E-state index in [1.165, 1.54) is 30.4 Å². The van der Waals surface area contributed by atoms with Gasteiger partial charge < -0.3 is 0 Å². The fraction of sp³-hybridized carbons (Fsp3) is 0.143. The molecule has 2 aromatic rings. The van der Waals surface area contributed by atoms with E-state index in [2.05, 4.69) is 0 Å². The Morgan fingerprint density at radius 1 is 0.531 bits per heavy atom. The van der Waals surface area contributed by atoms with E-state index in [1.807, 2.05) is 81.4 Å². The molecule has 2 aromatic carbocycles. The van der Waals surface area contributed by atoms with Gasteiger partial charge in [-0.2, -0.15) is 0 Å². The summed E-state index contributed by atoms with van der Waals surface area (Å²) in [5, 5.41) is 0. The lowest BCUT2D eigenvalue weighted by molar-refractivity contribution is -0.115. The molecule has 4 rings (SSSR count). The fourth-order valence-electron chi connectivity index (χ4n) is 3.34. The molecule has 4 heteroatoms. The van der Waals surface area contributed by atoms with Gasteiger partial charge in [-0.25, -0.2) is 0 Å². The van der Waals surface area contributed by atoms with Crippen molar-refractivity contribution in [1.29, 1.82) is 0 Å². The topological polar surface area (TPSA) is 68.3 Å². The molecule has 0 fully saturated rings. The average Bonchev–Trinajstić information content (AvgIpc) is 2.77. The molecule has 0 bridgehead atoms. The summed E-state index contributed by atoms with van der Waals surface area (Å²) in [6.07, 6.45) is 6.92. The van der Waals surface area contributed by atoms with Gasteiger partial charge in [-0.15, -0.1) is 0 Å². The number of carbonyl (C=O) groups excluding carboxylic acids is 4. The molecular formula is C28H24O4. The maximum atomic E-state index is 12.2. The molecule has 0 radical (unpaired) electrons. The Morgan fingerprint density at radius 2 is 0.969 bits per heavy atom. The van der Waals surface area contributed by atoms with Crippen molar-refractivity contribution in [3.05, 3.63) is 108 Å². The Balaban J connectivity index is 0.000000207. The molecule has 0 saturated heterocycles. The molecule has 0 N–H and O–H groups in total. The number of hydrogen-bond acceptors (Lipinski definition) is 4. The van der Waals surface area contributed by atoms with E-state index in [9.17, 15) is 19.2 Å². The normalized spacial score (nSPS) is 16.0. The van der Waals surface area contributed by atoms with Crippen LogP contribution in [0.25, 0.3) is 11.1 Å². The molecule has 0 heterocycles. The van der Waals surface area contributed by atoms with Gasteiger partial charge in [-0.1, -0.05) is 81.4 Å². The van der Waals surface area contributed by atoms with E-state index in [0.29, 0.717) is 16.7 Å². The molecule has 0 unspecified atom stereocenters. The van der Waals surface area contributed by atoms with Crippen LogP contribution in [0.1, 0.15) is 31.9 Å². The number of carbonyl (C=O) groups is 4. The van der Waals surface area contributed by atoms with E-state index >= 15 is 0 Å². The zero-order valence-corrected chi connectivity index (χ0v) is 18.3. The molecular weight excluding hydrogens is 400 g/mol. The minimum Gasteiger partial charge on any atom is -0.290 e. The van der Waals surface area contributed by atoms with Crippen LogP contribution in [0.2, 0.25) is 0 Å². The maximum absolute atomic E-state index is 12.2. The second-order valence-electron chi connectivity index (χ2n) is 8.48. The quantitative estimate of drug-likeness (QED) is 0.638. The van der Waals surface area contributed by atoms with E-state index in [-0.39, 0.29) is 28.5 Å². The zero-order chi connectivity index (χ0) is 23.3. The third-order valence-corrected chi connectivity index (χ3v) is 5.01. The van der Waals surface area contributed by atoms with Gasteiger partial charge in [0.05, 0.1) is 0 Å². The summed E-state index contributed by atoms with van der Waals surface area (Å²) in [5.74, 6) is -0.411. The summed E-state index contributed by atoms with van der Waals surface area (Å²) < 4.78 is 0. The van der Waals surface area contributed by atoms with Crippen LogP contribution >= 0.6 is 0 Å². The van der Waals surface area contributed by atoms with Gasteiger partial charge in [0.1, 0.15) is 0 Å². The molecule has 160 valence electrons. The lowest BCUT2D eigenvalue weighted by atomic mass is 9.81. The first-order valence-electron chi connectivity index (χ1n) is 10.3. The Labute approximate surface area is 187 Å². The minimum absolute atomic E-state index is 0.0536. The van der Waals surface area contributed by atoms with Crippen molar-refractivity contribution >= 4 is 34.3 Å². The molecule has 32 heavy (non-hydrogen) atoms. The Kier molecular flexibility index (Phi) is 6.74. The van der Waals surface area contributed by atoms with E-state index in [0.717, 1.165) is 11.1 Å². The van der Waals surface area contributed by atoms with Gasteiger partial charge >= 0.3 is 0 Å². The lowest BCUT2D eigenvalue weighted by Crippen LogP contribution is -2.20.